The van der Waals surface area contributed by atoms with Gasteiger partial charge in [-0.3, -0.25) is 0 Å². The normalized spacial score (nSPS) is 13.7. The maximum absolute atomic E-state index is 9.34. The number of rotatable bonds is 14. The second-order valence-corrected chi connectivity index (χ2v) is 6.66. The van der Waals surface area contributed by atoms with Crippen molar-refractivity contribution in [3.63, 3.8) is 0 Å². The predicted molar refractivity (Wildman–Crippen MR) is 89.9 cm³/mol. The van der Waals surface area contributed by atoms with E-state index in [2.05, 4.69) is 20.8 Å². The first kappa shape index (κ1) is 19.9. The zero-order valence-corrected chi connectivity index (χ0v) is 14.3. The highest BCUT2D eigenvalue weighted by atomic mass is 16.3. The molecule has 0 amide bonds. The van der Waals surface area contributed by atoms with Crippen LogP contribution >= 0.6 is 0 Å². The van der Waals surface area contributed by atoms with Gasteiger partial charge in [0, 0.05) is 6.04 Å². The van der Waals surface area contributed by atoms with Crippen LogP contribution in [0.4, 0.5) is 0 Å². The summed E-state index contributed by atoms with van der Waals surface area (Å²) >= 11 is 0. The van der Waals surface area contributed by atoms with Crippen molar-refractivity contribution in [1.82, 2.24) is 0 Å². The highest BCUT2D eigenvalue weighted by molar-refractivity contribution is 4.83. The molecule has 0 saturated carbocycles. The average molecular weight is 286 g/mol. The van der Waals surface area contributed by atoms with E-state index in [0.29, 0.717) is 5.41 Å². The summed E-state index contributed by atoms with van der Waals surface area (Å²) in [5.41, 5.74) is 6.48. The zero-order chi connectivity index (χ0) is 15.3. The first-order valence-corrected chi connectivity index (χ1v) is 9.00. The van der Waals surface area contributed by atoms with Crippen LogP contribution in [-0.4, -0.2) is 17.8 Å². The molecule has 0 radical (unpaired) electrons. The van der Waals surface area contributed by atoms with Crippen LogP contribution in [-0.2, 0) is 0 Å². The van der Waals surface area contributed by atoms with Crippen molar-refractivity contribution in [3.05, 3.63) is 0 Å². The van der Waals surface area contributed by atoms with Gasteiger partial charge in [0.15, 0.2) is 0 Å². The number of hydrogen-bond donors (Lipinski definition) is 2. The Morgan fingerprint density at radius 2 is 1.25 bits per heavy atom. The molecule has 0 aromatic rings. The van der Waals surface area contributed by atoms with Crippen molar-refractivity contribution in [2.75, 3.05) is 6.61 Å². The summed E-state index contributed by atoms with van der Waals surface area (Å²) in [7, 11) is 0. The van der Waals surface area contributed by atoms with Gasteiger partial charge in [-0.2, -0.15) is 0 Å². The predicted octanol–water partition coefficient (Wildman–Crippen LogP) is 5.03. The molecule has 0 aromatic heterocycles. The van der Waals surface area contributed by atoms with Gasteiger partial charge in [-0.05, 0) is 31.1 Å². The van der Waals surface area contributed by atoms with E-state index in [9.17, 15) is 5.11 Å². The average Bonchev–Trinajstić information content (AvgIpc) is 2.45. The Bertz CT molecular complexity index is 196. The second kappa shape index (κ2) is 12.6. The third kappa shape index (κ3) is 8.97. The molecular weight excluding hydrogens is 246 g/mol. The number of hydrogen-bond acceptors (Lipinski definition) is 2. The van der Waals surface area contributed by atoms with E-state index in [1.165, 1.54) is 70.6 Å². The molecule has 20 heavy (non-hydrogen) atoms. The molecular formula is C18H39NO. The molecule has 1 unspecified atom stereocenters. The van der Waals surface area contributed by atoms with Gasteiger partial charge in [0.05, 0.1) is 6.61 Å². The highest BCUT2D eigenvalue weighted by Crippen LogP contribution is 2.40. The van der Waals surface area contributed by atoms with Crippen LogP contribution < -0.4 is 5.73 Å². The van der Waals surface area contributed by atoms with Crippen LogP contribution in [0.25, 0.3) is 0 Å². The van der Waals surface area contributed by atoms with Gasteiger partial charge in [-0.25, -0.2) is 0 Å². The Morgan fingerprint density at radius 3 is 1.65 bits per heavy atom. The van der Waals surface area contributed by atoms with Crippen LogP contribution in [0.5, 0.6) is 0 Å². The fourth-order valence-corrected chi connectivity index (χ4v) is 3.35. The molecule has 0 fully saturated rings. The lowest BCUT2D eigenvalue weighted by molar-refractivity contribution is 0.142. The van der Waals surface area contributed by atoms with Gasteiger partial charge in [0.1, 0.15) is 0 Å². The van der Waals surface area contributed by atoms with Gasteiger partial charge in [0.2, 0.25) is 0 Å². The Kier molecular flexibility index (Phi) is 12.6. The van der Waals surface area contributed by atoms with E-state index in [1.54, 1.807) is 0 Å². The third-order valence-electron chi connectivity index (χ3n) is 4.61. The largest absolute Gasteiger partial charge is 0.395 e. The zero-order valence-electron chi connectivity index (χ0n) is 14.3. The van der Waals surface area contributed by atoms with Gasteiger partial charge < -0.3 is 10.8 Å². The molecule has 0 rings (SSSR count). The molecule has 0 heterocycles. The van der Waals surface area contributed by atoms with E-state index in [-0.39, 0.29) is 12.6 Å². The van der Waals surface area contributed by atoms with E-state index < -0.39 is 0 Å². The lowest BCUT2D eigenvalue weighted by atomic mass is 9.70. The minimum Gasteiger partial charge on any atom is -0.395 e. The number of aliphatic hydroxyl groups is 1. The monoisotopic (exact) mass is 285 g/mol. The molecule has 2 heteroatoms. The van der Waals surface area contributed by atoms with Gasteiger partial charge in [-0.1, -0.05) is 72.1 Å². The van der Waals surface area contributed by atoms with E-state index in [1.807, 2.05) is 0 Å². The second-order valence-electron chi connectivity index (χ2n) is 6.66. The van der Waals surface area contributed by atoms with Crippen LogP contribution in [0, 0.1) is 5.41 Å². The first-order chi connectivity index (χ1) is 9.64. The standard InChI is InChI=1S/C18H39NO/c1-4-7-10-13-18(12-9-6-3,14-11-8-5-2)15-17(19)16-20/h17,20H,4-16,19H2,1-3H3. The van der Waals surface area contributed by atoms with Crippen molar-refractivity contribution in [3.8, 4) is 0 Å². The van der Waals surface area contributed by atoms with Crippen molar-refractivity contribution in [1.29, 1.82) is 0 Å². The topological polar surface area (TPSA) is 46.2 Å². The van der Waals surface area contributed by atoms with Gasteiger partial charge >= 0.3 is 0 Å². The Morgan fingerprint density at radius 1 is 0.800 bits per heavy atom. The number of nitrogens with two attached hydrogens (primary N) is 1. The summed E-state index contributed by atoms with van der Waals surface area (Å²) in [6.45, 7) is 6.94. The molecule has 3 N–H and O–H groups in total. The molecule has 0 aliphatic heterocycles. The van der Waals surface area contributed by atoms with E-state index in [0.717, 1.165) is 6.42 Å². The third-order valence-corrected chi connectivity index (χ3v) is 4.61. The van der Waals surface area contributed by atoms with Crippen LogP contribution in [0.15, 0.2) is 0 Å². The summed E-state index contributed by atoms with van der Waals surface area (Å²) < 4.78 is 0. The molecule has 0 aliphatic carbocycles. The first-order valence-electron chi connectivity index (χ1n) is 9.00. The van der Waals surface area contributed by atoms with Crippen LogP contribution in [0.2, 0.25) is 0 Å². The van der Waals surface area contributed by atoms with Crippen molar-refractivity contribution in [2.24, 2.45) is 11.1 Å². The Hall–Kier alpha value is -0.0800. The van der Waals surface area contributed by atoms with Gasteiger partial charge in [-0.15, -0.1) is 0 Å². The molecule has 122 valence electrons. The molecule has 0 bridgehead atoms. The Labute approximate surface area is 127 Å². The molecule has 0 aliphatic rings. The van der Waals surface area contributed by atoms with Crippen LogP contribution in [0.1, 0.15) is 97.8 Å². The molecule has 0 spiro atoms. The Balaban J connectivity index is 4.65. The maximum atomic E-state index is 9.34. The van der Waals surface area contributed by atoms with E-state index in [4.69, 9.17) is 5.73 Å². The fourth-order valence-electron chi connectivity index (χ4n) is 3.35. The molecule has 2 nitrogen and oxygen atoms in total. The van der Waals surface area contributed by atoms with Crippen molar-refractivity contribution >= 4 is 0 Å². The lowest BCUT2D eigenvalue weighted by Gasteiger charge is -2.36. The van der Waals surface area contributed by atoms with Crippen molar-refractivity contribution < 1.29 is 5.11 Å². The summed E-state index contributed by atoms with van der Waals surface area (Å²) in [6.07, 6.45) is 15.4. The summed E-state index contributed by atoms with van der Waals surface area (Å²) in [6, 6.07) is -0.0323. The molecule has 1 atom stereocenters. The minimum atomic E-state index is -0.0323. The lowest BCUT2D eigenvalue weighted by Crippen LogP contribution is -2.34. The van der Waals surface area contributed by atoms with E-state index >= 15 is 0 Å². The molecule has 0 saturated heterocycles. The smallest absolute Gasteiger partial charge is 0.0582 e. The summed E-state index contributed by atoms with van der Waals surface area (Å²) in [5, 5.41) is 9.34. The summed E-state index contributed by atoms with van der Waals surface area (Å²) in [5.74, 6) is 0. The van der Waals surface area contributed by atoms with Gasteiger partial charge in [0.25, 0.3) is 0 Å². The summed E-state index contributed by atoms with van der Waals surface area (Å²) in [4.78, 5) is 0. The number of aliphatic hydroxyl groups excluding tert-OH is 1. The quantitative estimate of drug-likeness (QED) is 0.439. The van der Waals surface area contributed by atoms with Crippen LogP contribution in [0.3, 0.4) is 0 Å². The fraction of sp³-hybridized carbons (Fsp3) is 1.00. The highest BCUT2D eigenvalue weighted by Gasteiger charge is 2.30. The maximum Gasteiger partial charge on any atom is 0.0582 e. The van der Waals surface area contributed by atoms with Crippen molar-refractivity contribution in [2.45, 2.75) is 104 Å². The minimum absolute atomic E-state index is 0.0323. The number of unbranched alkanes of at least 4 members (excludes halogenated alkanes) is 5. The SMILES string of the molecule is CCCCCC(CCCC)(CCCCC)CC(N)CO. The molecule has 0 aromatic carbocycles.